The van der Waals surface area contributed by atoms with Gasteiger partial charge in [-0.05, 0) is 26.0 Å². The van der Waals surface area contributed by atoms with Crippen molar-refractivity contribution in [1.29, 1.82) is 0 Å². The first-order chi connectivity index (χ1) is 7.97. The fraction of sp³-hybridized carbons (Fsp3) is 0.417. The zero-order chi connectivity index (χ0) is 13.0. The molecule has 0 saturated carbocycles. The molecule has 94 valence electrons. The molecule has 0 aliphatic carbocycles. The van der Waals surface area contributed by atoms with Crippen molar-refractivity contribution in [3.05, 3.63) is 28.2 Å². The van der Waals surface area contributed by atoms with Crippen LogP contribution in [0.4, 0.5) is 0 Å². The predicted octanol–water partition coefficient (Wildman–Crippen LogP) is 3.24. The van der Waals surface area contributed by atoms with Gasteiger partial charge in [-0.1, -0.05) is 29.3 Å². The Kier molecular flexibility index (Phi) is 5.09. The molecule has 5 heteroatoms. The van der Waals surface area contributed by atoms with Crippen LogP contribution in [0.25, 0.3) is 0 Å². The molecular formula is C12H15Cl2NO2. The van der Waals surface area contributed by atoms with Crippen molar-refractivity contribution in [3.63, 3.8) is 0 Å². The van der Waals surface area contributed by atoms with Crippen molar-refractivity contribution in [2.75, 3.05) is 13.6 Å². The number of amides is 1. The molecule has 0 aliphatic rings. The van der Waals surface area contributed by atoms with Crippen LogP contribution in [-0.2, 0) is 4.79 Å². The Hall–Kier alpha value is -0.930. The molecule has 0 N–H and O–H groups in total. The summed E-state index contributed by atoms with van der Waals surface area (Å²) in [6.45, 7) is 4.22. The van der Waals surface area contributed by atoms with Crippen LogP contribution in [0.15, 0.2) is 18.2 Å². The van der Waals surface area contributed by atoms with Crippen molar-refractivity contribution in [1.82, 2.24) is 4.90 Å². The Bertz CT molecular complexity index is 409. The molecule has 0 aromatic heterocycles. The number of rotatable bonds is 4. The molecule has 1 aromatic rings. The molecule has 0 unspecified atom stereocenters. The molecule has 17 heavy (non-hydrogen) atoms. The van der Waals surface area contributed by atoms with Crippen LogP contribution in [0.3, 0.4) is 0 Å². The molecule has 0 aliphatic heterocycles. The van der Waals surface area contributed by atoms with Crippen LogP contribution >= 0.6 is 23.2 Å². The number of ether oxygens (including phenoxy) is 1. The van der Waals surface area contributed by atoms with Crippen molar-refractivity contribution in [2.24, 2.45) is 0 Å². The van der Waals surface area contributed by atoms with Crippen LogP contribution < -0.4 is 4.74 Å². The molecule has 0 heterocycles. The first kappa shape index (κ1) is 14.1. The second kappa shape index (κ2) is 6.12. The van der Waals surface area contributed by atoms with E-state index in [1.165, 1.54) is 0 Å². The quantitative estimate of drug-likeness (QED) is 0.844. The molecule has 1 atom stereocenters. The molecule has 1 aromatic carbocycles. The number of likely N-dealkylation sites (N-methyl/N-ethyl adjacent to an activating group) is 1. The highest BCUT2D eigenvalue weighted by Crippen LogP contribution is 2.32. The van der Waals surface area contributed by atoms with Gasteiger partial charge in [0.2, 0.25) is 0 Å². The van der Waals surface area contributed by atoms with E-state index >= 15 is 0 Å². The Morgan fingerprint density at radius 2 is 2.12 bits per heavy atom. The Morgan fingerprint density at radius 3 is 2.71 bits per heavy atom. The van der Waals surface area contributed by atoms with E-state index in [9.17, 15) is 4.79 Å². The standard InChI is InChI=1S/C12H15Cl2NO2/c1-4-15(3)12(16)8(2)17-10-7-5-6-9(13)11(10)14/h5-8H,4H2,1-3H3/t8-/m1/s1. The first-order valence-electron chi connectivity index (χ1n) is 5.33. The summed E-state index contributed by atoms with van der Waals surface area (Å²) in [5.74, 6) is 0.327. The highest BCUT2D eigenvalue weighted by Gasteiger charge is 2.19. The molecule has 3 nitrogen and oxygen atoms in total. The fourth-order valence-corrected chi connectivity index (χ4v) is 1.62. The lowest BCUT2D eigenvalue weighted by molar-refractivity contribution is -0.136. The number of carbonyl (C=O) groups excluding carboxylic acids is 1. The summed E-state index contributed by atoms with van der Waals surface area (Å²) >= 11 is 11.8. The van der Waals surface area contributed by atoms with Gasteiger partial charge in [-0.25, -0.2) is 0 Å². The average molecular weight is 276 g/mol. The minimum absolute atomic E-state index is 0.0939. The number of nitrogens with zero attached hydrogens (tertiary/aromatic N) is 1. The van der Waals surface area contributed by atoms with E-state index in [0.717, 1.165) is 0 Å². The van der Waals surface area contributed by atoms with Gasteiger partial charge in [-0.15, -0.1) is 0 Å². The van der Waals surface area contributed by atoms with Crippen molar-refractivity contribution in [3.8, 4) is 5.75 Å². The summed E-state index contributed by atoms with van der Waals surface area (Å²) in [7, 11) is 1.72. The van der Waals surface area contributed by atoms with E-state index in [4.69, 9.17) is 27.9 Å². The largest absolute Gasteiger partial charge is 0.479 e. The zero-order valence-electron chi connectivity index (χ0n) is 10.0. The SMILES string of the molecule is CCN(C)C(=O)[C@@H](C)Oc1cccc(Cl)c1Cl. The van der Waals surface area contributed by atoms with Gasteiger partial charge in [0.25, 0.3) is 5.91 Å². The maximum Gasteiger partial charge on any atom is 0.263 e. The molecule has 0 radical (unpaired) electrons. The molecule has 0 spiro atoms. The van der Waals surface area contributed by atoms with Crippen molar-refractivity contribution >= 4 is 29.1 Å². The van der Waals surface area contributed by atoms with Gasteiger partial charge in [0.15, 0.2) is 6.10 Å². The third-order valence-corrected chi connectivity index (χ3v) is 3.22. The highest BCUT2D eigenvalue weighted by molar-refractivity contribution is 6.42. The van der Waals surface area contributed by atoms with E-state index in [1.807, 2.05) is 6.92 Å². The number of halogens is 2. The third-order valence-electron chi connectivity index (χ3n) is 2.42. The Labute approximate surface area is 111 Å². The van der Waals surface area contributed by atoms with Gasteiger partial charge < -0.3 is 9.64 Å². The molecule has 1 rings (SSSR count). The normalized spacial score (nSPS) is 12.1. The smallest absolute Gasteiger partial charge is 0.263 e. The summed E-state index contributed by atoms with van der Waals surface area (Å²) in [5.41, 5.74) is 0. The number of benzene rings is 1. The minimum Gasteiger partial charge on any atom is -0.479 e. The molecule has 1 amide bonds. The second-order valence-corrected chi connectivity index (χ2v) is 4.45. The number of hydrogen-bond acceptors (Lipinski definition) is 2. The fourth-order valence-electron chi connectivity index (χ4n) is 1.28. The first-order valence-corrected chi connectivity index (χ1v) is 6.08. The maximum atomic E-state index is 11.8. The van der Waals surface area contributed by atoms with Gasteiger partial charge in [0, 0.05) is 13.6 Å². The summed E-state index contributed by atoms with van der Waals surface area (Å²) in [4.78, 5) is 13.4. The van der Waals surface area contributed by atoms with Gasteiger partial charge in [0.05, 0.1) is 5.02 Å². The Morgan fingerprint density at radius 1 is 1.47 bits per heavy atom. The lowest BCUT2D eigenvalue weighted by Gasteiger charge is -2.21. The predicted molar refractivity (Wildman–Crippen MR) is 69.9 cm³/mol. The van der Waals surface area contributed by atoms with Crippen molar-refractivity contribution < 1.29 is 9.53 Å². The lowest BCUT2D eigenvalue weighted by Crippen LogP contribution is -2.37. The molecular weight excluding hydrogens is 261 g/mol. The van der Waals surface area contributed by atoms with Gasteiger partial charge in [0.1, 0.15) is 10.8 Å². The van der Waals surface area contributed by atoms with Crippen LogP contribution in [-0.4, -0.2) is 30.5 Å². The van der Waals surface area contributed by atoms with Crippen LogP contribution in [0.2, 0.25) is 10.0 Å². The van der Waals surface area contributed by atoms with Gasteiger partial charge in [-0.2, -0.15) is 0 Å². The monoisotopic (exact) mass is 275 g/mol. The van der Waals surface area contributed by atoms with Crippen LogP contribution in [0.5, 0.6) is 5.75 Å². The van der Waals surface area contributed by atoms with E-state index in [1.54, 1.807) is 37.1 Å². The van der Waals surface area contributed by atoms with E-state index < -0.39 is 6.10 Å². The van der Waals surface area contributed by atoms with Gasteiger partial charge >= 0.3 is 0 Å². The molecule has 0 bridgehead atoms. The third kappa shape index (κ3) is 3.51. The zero-order valence-corrected chi connectivity index (χ0v) is 11.5. The van der Waals surface area contributed by atoms with Gasteiger partial charge in [-0.3, -0.25) is 4.79 Å². The average Bonchev–Trinajstić information content (AvgIpc) is 2.32. The summed E-state index contributed by atoms with van der Waals surface area (Å²) in [6.07, 6.45) is -0.587. The van der Waals surface area contributed by atoms with E-state index in [-0.39, 0.29) is 5.91 Å². The van der Waals surface area contributed by atoms with Crippen LogP contribution in [0.1, 0.15) is 13.8 Å². The maximum absolute atomic E-state index is 11.8. The highest BCUT2D eigenvalue weighted by atomic mass is 35.5. The summed E-state index contributed by atoms with van der Waals surface area (Å²) in [6, 6.07) is 5.08. The Balaban J connectivity index is 2.78. The van der Waals surface area contributed by atoms with E-state index in [0.29, 0.717) is 22.3 Å². The lowest BCUT2D eigenvalue weighted by atomic mass is 10.3. The summed E-state index contributed by atoms with van der Waals surface area (Å²) < 4.78 is 5.50. The minimum atomic E-state index is -0.587. The summed E-state index contributed by atoms with van der Waals surface area (Å²) in [5, 5.41) is 0.737. The topological polar surface area (TPSA) is 29.5 Å². The van der Waals surface area contributed by atoms with E-state index in [2.05, 4.69) is 0 Å². The second-order valence-electron chi connectivity index (χ2n) is 3.66. The molecule has 0 saturated heterocycles. The molecule has 0 fully saturated rings. The number of carbonyl (C=O) groups is 1. The van der Waals surface area contributed by atoms with Crippen LogP contribution in [0, 0.1) is 0 Å². The van der Waals surface area contributed by atoms with Crippen molar-refractivity contribution in [2.45, 2.75) is 20.0 Å². The number of hydrogen-bond donors (Lipinski definition) is 0.